The van der Waals surface area contributed by atoms with Crippen LogP contribution in [-0.4, -0.2) is 22.8 Å². The lowest BCUT2D eigenvalue weighted by atomic mass is 10.1. The van der Waals surface area contributed by atoms with E-state index in [4.69, 9.17) is 9.90 Å². The van der Waals surface area contributed by atoms with Crippen molar-refractivity contribution in [3.05, 3.63) is 46.4 Å². The third-order valence-corrected chi connectivity index (χ3v) is 2.91. The molecule has 1 aromatic heterocycles. The number of unbranched alkanes of at least 4 members (excludes halogenated alkanes) is 1. The van der Waals surface area contributed by atoms with Crippen LogP contribution in [-0.2, 0) is 4.79 Å². The summed E-state index contributed by atoms with van der Waals surface area (Å²) in [5.74, 6) is 0. The van der Waals surface area contributed by atoms with Crippen LogP contribution in [0.3, 0.4) is 0 Å². The van der Waals surface area contributed by atoms with Gasteiger partial charge in [-0.25, -0.2) is 4.68 Å². The van der Waals surface area contributed by atoms with Crippen LogP contribution in [0.2, 0.25) is 0 Å². The van der Waals surface area contributed by atoms with Crippen molar-refractivity contribution in [3.8, 4) is 0 Å². The smallest absolute Gasteiger partial charge is 0.290 e. The van der Waals surface area contributed by atoms with Crippen LogP contribution < -0.4 is 11.0 Å². The number of aryl methyl sites for hydroxylation is 1. The molecule has 0 unspecified atom stereocenters. The molecule has 0 saturated heterocycles. The Kier molecular flexibility index (Phi) is 6.29. The highest BCUT2D eigenvalue weighted by atomic mass is 16.3. The number of rotatable bonds is 4. The molecule has 2 N–H and O–H groups in total. The average Bonchev–Trinajstić information content (AvgIpc) is 2.43. The minimum atomic E-state index is -0.250. The Bertz CT molecular complexity index is 620. The van der Waals surface area contributed by atoms with Crippen LogP contribution in [0.15, 0.2) is 35.1 Å². The quantitative estimate of drug-likeness (QED) is 0.664. The molecule has 0 saturated carbocycles. The van der Waals surface area contributed by atoms with Gasteiger partial charge in [-0.15, -0.1) is 0 Å². The summed E-state index contributed by atoms with van der Waals surface area (Å²) in [6.45, 7) is 4.67. The summed E-state index contributed by atoms with van der Waals surface area (Å²) in [6, 6.07) is 9.73. The Morgan fingerprint density at radius 2 is 2.00 bits per heavy atom. The zero-order valence-corrected chi connectivity index (χ0v) is 11.8. The van der Waals surface area contributed by atoms with Gasteiger partial charge in [-0.2, -0.15) is 0 Å². The van der Waals surface area contributed by atoms with E-state index in [1.807, 2.05) is 37.3 Å². The van der Waals surface area contributed by atoms with E-state index < -0.39 is 0 Å². The van der Waals surface area contributed by atoms with Crippen LogP contribution in [0.25, 0.3) is 10.8 Å². The van der Waals surface area contributed by atoms with E-state index in [9.17, 15) is 4.79 Å². The van der Waals surface area contributed by atoms with Crippen molar-refractivity contribution in [3.63, 3.8) is 0 Å². The first-order chi connectivity index (χ1) is 9.65. The second kappa shape index (κ2) is 7.99. The van der Waals surface area contributed by atoms with Crippen LogP contribution in [0.1, 0.15) is 25.5 Å². The summed E-state index contributed by atoms with van der Waals surface area (Å²) in [7, 11) is 0. The summed E-state index contributed by atoms with van der Waals surface area (Å²) in [6.07, 6.45) is 2.19. The van der Waals surface area contributed by atoms with E-state index >= 15 is 0 Å². The molecule has 0 radical (unpaired) electrons. The van der Waals surface area contributed by atoms with E-state index in [1.165, 1.54) is 0 Å². The molecule has 0 aliphatic heterocycles. The van der Waals surface area contributed by atoms with E-state index in [0.29, 0.717) is 0 Å². The average molecular weight is 276 g/mol. The van der Waals surface area contributed by atoms with Crippen LogP contribution >= 0.6 is 0 Å². The number of nitrogens with one attached hydrogen (secondary N) is 1. The second-order valence-corrected chi connectivity index (χ2v) is 4.38. The molecule has 0 fully saturated rings. The Morgan fingerprint density at radius 3 is 2.65 bits per heavy atom. The molecular weight excluding hydrogens is 256 g/mol. The fourth-order valence-electron chi connectivity index (χ4n) is 1.95. The molecule has 0 spiro atoms. The third-order valence-electron chi connectivity index (χ3n) is 2.91. The molecule has 0 aliphatic rings. The highest BCUT2D eigenvalue weighted by Crippen LogP contribution is 2.10. The maximum Gasteiger partial charge on any atom is 0.290 e. The van der Waals surface area contributed by atoms with Crippen molar-refractivity contribution in [1.82, 2.24) is 4.68 Å². The van der Waals surface area contributed by atoms with Gasteiger partial charge in [-0.3, -0.25) is 9.59 Å². The number of hydrogen-bond donors (Lipinski definition) is 2. The van der Waals surface area contributed by atoms with Gasteiger partial charge in [0, 0.05) is 17.6 Å². The number of aromatic nitrogens is 1. The predicted octanol–water partition coefficient (Wildman–Crippen LogP) is 2.35. The van der Waals surface area contributed by atoms with Gasteiger partial charge in [-0.05, 0) is 30.9 Å². The minimum absolute atomic E-state index is 0.0386. The number of fused-ring (bicyclic) bond motifs is 1. The first-order valence-electron chi connectivity index (χ1n) is 6.58. The third kappa shape index (κ3) is 3.85. The van der Waals surface area contributed by atoms with Gasteiger partial charge in [0.1, 0.15) is 0 Å². The van der Waals surface area contributed by atoms with E-state index in [2.05, 4.69) is 12.3 Å². The standard InChI is InChI=1S/C14H18N2O.CH2O2/c1-3-4-9-15-16-11(2)10-12-7-5-6-8-13(12)14(16)17;2-1-3/h5-8,10,15H,3-4,9H2,1-2H3;1H,(H,2,3). The highest BCUT2D eigenvalue weighted by molar-refractivity contribution is 5.81. The summed E-state index contributed by atoms with van der Waals surface area (Å²) in [5.41, 5.74) is 4.17. The van der Waals surface area contributed by atoms with Gasteiger partial charge in [0.15, 0.2) is 0 Å². The van der Waals surface area contributed by atoms with Gasteiger partial charge >= 0.3 is 0 Å². The number of carbonyl (C=O) groups is 1. The van der Waals surface area contributed by atoms with Crippen LogP contribution in [0.5, 0.6) is 0 Å². The monoisotopic (exact) mass is 276 g/mol. The predicted molar refractivity (Wildman–Crippen MR) is 80.8 cm³/mol. The lowest BCUT2D eigenvalue weighted by Gasteiger charge is -2.13. The van der Waals surface area contributed by atoms with Gasteiger partial charge in [-0.1, -0.05) is 31.5 Å². The molecule has 0 amide bonds. The molecule has 108 valence electrons. The summed E-state index contributed by atoms with van der Waals surface area (Å²) in [4.78, 5) is 20.6. The SMILES string of the molecule is CCCCNn1c(C)cc2ccccc2c1=O.O=CO. The topological polar surface area (TPSA) is 71.3 Å². The van der Waals surface area contributed by atoms with Crippen molar-refractivity contribution in [2.45, 2.75) is 26.7 Å². The molecule has 5 heteroatoms. The molecule has 20 heavy (non-hydrogen) atoms. The lowest BCUT2D eigenvalue weighted by molar-refractivity contribution is -0.122. The second-order valence-electron chi connectivity index (χ2n) is 4.38. The van der Waals surface area contributed by atoms with Crippen molar-refractivity contribution >= 4 is 17.2 Å². The molecular formula is C15H20N2O3. The van der Waals surface area contributed by atoms with Crippen LogP contribution in [0.4, 0.5) is 0 Å². The van der Waals surface area contributed by atoms with Crippen molar-refractivity contribution in [1.29, 1.82) is 0 Å². The van der Waals surface area contributed by atoms with Crippen molar-refractivity contribution < 1.29 is 9.90 Å². The van der Waals surface area contributed by atoms with Gasteiger partial charge < -0.3 is 10.5 Å². The molecule has 2 aromatic rings. The first-order valence-corrected chi connectivity index (χ1v) is 6.58. The molecule has 0 bridgehead atoms. The summed E-state index contributed by atoms with van der Waals surface area (Å²) < 4.78 is 1.65. The molecule has 0 aliphatic carbocycles. The first kappa shape index (κ1) is 15.8. The molecule has 2 rings (SSSR count). The van der Waals surface area contributed by atoms with Gasteiger partial charge in [0.05, 0.1) is 0 Å². The normalized spacial score (nSPS) is 9.70. The van der Waals surface area contributed by atoms with E-state index in [1.54, 1.807) is 4.68 Å². The highest BCUT2D eigenvalue weighted by Gasteiger charge is 2.04. The van der Waals surface area contributed by atoms with Crippen LogP contribution in [0, 0.1) is 6.92 Å². The maximum absolute atomic E-state index is 12.2. The maximum atomic E-state index is 12.2. The minimum Gasteiger partial charge on any atom is -0.483 e. The number of hydrogen-bond acceptors (Lipinski definition) is 3. The molecule has 0 atom stereocenters. The molecule has 1 aromatic carbocycles. The zero-order chi connectivity index (χ0) is 15.0. The van der Waals surface area contributed by atoms with Crippen molar-refractivity contribution in [2.24, 2.45) is 0 Å². The fourth-order valence-corrected chi connectivity index (χ4v) is 1.95. The number of carboxylic acid groups (broad SMARTS) is 1. The Labute approximate surface area is 117 Å². The fraction of sp³-hybridized carbons (Fsp3) is 0.333. The number of benzene rings is 1. The number of nitrogens with zero attached hydrogens (tertiary/aromatic N) is 1. The zero-order valence-electron chi connectivity index (χ0n) is 11.8. The summed E-state index contributed by atoms with van der Waals surface area (Å²) in [5, 5.41) is 8.66. The molecule has 5 nitrogen and oxygen atoms in total. The summed E-state index contributed by atoms with van der Waals surface area (Å²) >= 11 is 0. The van der Waals surface area contributed by atoms with E-state index in [0.717, 1.165) is 35.9 Å². The van der Waals surface area contributed by atoms with Crippen molar-refractivity contribution in [2.75, 3.05) is 12.0 Å². The Hall–Kier alpha value is -2.30. The van der Waals surface area contributed by atoms with Gasteiger partial charge in [0.2, 0.25) is 0 Å². The Balaban J connectivity index is 0.000000612. The lowest BCUT2D eigenvalue weighted by Crippen LogP contribution is -2.31. The molecule has 1 heterocycles. The largest absolute Gasteiger partial charge is 0.483 e. The number of pyridine rings is 1. The van der Waals surface area contributed by atoms with Gasteiger partial charge in [0.25, 0.3) is 12.0 Å². The van der Waals surface area contributed by atoms with E-state index in [-0.39, 0.29) is 12.0 Å². The Morgan fingerprint density at radius 1 is 1.35 bits per heavy atom.